The highest BCUT2D eigenvalue weighted by Gasteiger charge is 2.17. The van der Waals surface area contributed by atoms with E-state index in [9.17, 15) is 4.79 Å². The summed E-state index contributed by atoms with van der Waals surface area (Å²) in [6.45, 7) is 1.93. The van der Waals surface area contributed by atoms with Gasteiger partial charge in [-0.2, -0.15) is 5.10 Å². The minimum atomic E-state index is -0.337. The zero-order valence-electron chi connectivity index (χ0n) is 12.1. The van der Waals surface area contributed by atoms with E-state index in [1.165, 1.54) is 6.33 Å². The van der Waals surface area contributed by atoms with E-state index in [1.54, 1.807) is 10.9 Å². The maximum Gasteiger partial charge on any atom is 0.224 e. The Morgan fingerprint density at radius 3 is 2.91 bits per heavy atom. The zero-order valence-corrected chi connectivity index (χ0v) is 12.1. The van der Waals surface area contributed by atoms with E-state index < -0.39 is 0 Å². The lowest BCUT2D eigenvalue weighted by molar-refractivity contribution is -0.119. The first-order chi connectivity index (χ1) is 10.6. The van der Waals surface area contributed by atoms with Gasteiger partial charge < -0.3 is 11.5 Å². The lowest BCUT2D eigenvalue weighted by Crippen LogP contribution is -2.20. The normalized spacial score (nSPS) is 12.4. The highest BCUT2D eigenvalue weighted by Crippen LogP contribution is 2.24. The number of nitrogens with two attached hydrogens (primary N) is 2. The Morgan fingerprint density at radius 2 is 2.18 bits per heavy atom. The van der Waals surface area contributed by atoms with E-state index in [-0.39, 0.29) is 11.8 Å². The summed E-state index contributed by atoms with van der Waals surface area (Å²) < 4.78 is 1.67. The van der Waals surface area contributed by atoms with Gasteiger partial charge in [-0.15, -0.1) is 0 Å². The Kier molecular flexibility index (Phi) is 3.46. The lowest BCUT2D eigenvalue weighted by atomic mass is 9.95. The summed E-state index contributed by atoms with van der Waals surface area (Å²) in [5.74, 6) is -0.269. The molecular weight excluding hydrogens is 280 g/mol. The number of aromatic nitrogens is 4. The number of hydrogen-bond donors (Lipinski definition) is 2. The van der Waals surface area contributed by atoms with Crippen molar-refractivity contribution >= 4 is 22.8 Å². The average molecular weight is 296 g/mol. The molecule has 1 aromatic carbocycles. The second-order valence-electron chi connectivity index (χ2n) is 5.01. The first kappa shape index (κ1) is 14.0. The number of hydrogen-bond acceptors (Lipinski definition) is 5. The minimum Gasteiger partial charge on any atom is -0.383 e. The maximum atomic E-state index is 11.5. The van der Waals surface area contributed by atoms with Crippen molar-refractivity contribution in [1.29, 1.82) is 0 Å². The van der Waals surface area contributed by atoms with Crippen LogP contribution in [0.5, 0.6) is 0 Å². The van der Waals surface area contributed by atoms with Gasteiger partial charge in [-0.1, -0.05) is 19.1 Å². The summed E-state index contributed by atoms with van der Waals surface area (Å²) in [4.78, 5) is 19.7. The first-order valence-electron chi connectivity index (χ1n) is 6.95. The first-order valence-corrected chi connectivity index (χ1v) is 6.95. The molecule has 0 radical (unpaired) electrons. The summed E-state index contributed by atoms with van der Waals surface area (Å²) in [6, 6.07) is 7.54. The van der Waals surface area contributed by atoms with E-state index in [2.05, 4.69) is 15.1 Å². The van der Waals surface area contributed by atoms with Crippen LogP contribution in [0.15, 0.2) is 36.8 Å². The third-order valence-electron chi connectivity index (χ3n) is 3.67. The number of primary amides is 1. The van der Waals surface area contributed by atoms with Crippen molar-refractivity contribution in [2.75, 3.05) is 5.73 Å². The Labute approximate surface area is 127 Å². The molecule has 112 valence electrons. The zero-order chi connectivity index (χ0) is 15.7. The monoisotopic (exact) mass is 296 g/mol. The molecule has 2 heterocycles. The number of amides is 1. The van der Waals surface area contributed by atoms with Crippen molar-refractivity contribution in [3.05, 3.63) is 42.4 Å². The van der Waals surface area contributed by atoms with Crippen LogP contribution in [-0.4, -0.2) is 25.7 Å². The fraction of sp³-hybridized carbons (Fsp3) is 0.200. The predicted octanol–water partition coefficient (Wildman–Crippen LogP) is 1.38. The second-order valence-corrected chi connectivity index (χ2v) is 5.01. The van der Waals surface area contributed by atoms with Gasteiger partial charge in [0.05, 0.1) is 23.2 Å². The lowest BCUT2D eigenvalue weighted by Gasteiger charge is -2.12. The van der Waals surface area contributed by atoms with Crippen molar-refractivity contribution in [2.24, 2.45) is 5.73 Å². The Balaban J connectivity index is 2.12. The van der Waals surface area contributed by atoms with Crippen LogP contribution in [0.25, 0.3) is 16.7 Å². The minimum absolute atomic E-state index is 0.318. The third kappa shape index (κ3) is 2.26. The van der Waals surface area contributed by atoms with E-state index in [1.807, 2.05) is 31.2 Å². The van der Waals surface area contributed by atoms with Crippen LogP contribution in [0.2, 0.25) is 0 Å². The Bertz CT molecular complexity index is 841. The van der Waals surface area contributed by atoms with Crippen LogP contribution < -0.4 is 11.5 Å². The SMILES string of the molecule is CCC(C(N)=O)c1cccc(-n2ncc3c(N)ncnc32)c1. The Morgan fingerprint density at radius 1 is 1.36 bits per heavy atom. The number of fused-ring (bicyclic) bond motifs is 1. The van der Waals surface area contributed by atoms with Gasteiger partial charge in [-0.25, -0.2) is 14.6 Å². The van der Waals surface area contributed by atoms with Gasteiger partial charge in [0.25, 0.3) is 0 Å². The van der Waals surface area contributed by atoms with Crippen LogP contribution in [0.4, 0.5) is 5.82 Å². The van der Waals surface area contributed by atoms with Crippen molar-refractivity contribution in [3.8, 4) is 5.69 Å². The molecule has 0 spiro atoms. The molecule has 0 aliphatic heterocycles. The molecule has 0 saturated heterocycles. The predicted molar refractivity (Wildman–Crippen MR) is 83.3 cm³/mol. The number of anilines is 1. The van der Waals surface area contributed by atoms with Gasteiger partial charge in [0.1, 0.15) is 12.1 Å². The molecule has 3 aromatic rings. The summed E-state index contributed by atoms with van der Waals surface area (Å²) in [6.07, 6.45) is 3.68. The van der Waals surface area contributed by atoms with Crippen LogP contribution in [-0.2, 0) is 4.79 Å². The number of nitrogens with zero attached hydrogens (tertiary/aromatic N) is 4. The summed E-state index contributed by atoms with van der Waals surface area (Å²) in [7, 11) is 0. The van der Waals surface area contributed by atoms with Crippen LogP contribution >= 0.6 is 0 Å². The fourth-order valence-electron chi connectivity index (χ4n) is 2.53. The molecule has 4 N–H and O–H groups in total. The maximum absolute atomic E-state index is 11.5. The highest BCUT2D eigenvalue weighted by molar-refractivity contribution is 5.86. The van der Waals surface area contributed by atoms with Gasteiger partial charge >= 0.3 is 0 Å². The molecule has 7 heteroatoms. The summed E-state index contributed by atoms with van der Waals surface area (Å²) in [5.41, 5.74) is 13.6. The van der Waals surface area contributed by atoms with Gasteiger partial charge in [0.15, 0.2) is 5.65 Å². The van der Waals surface area contributed by atoms with E-state index in [0.717, 1.165) is 11.3 Å². The molecule has 7 nitrogen and oxygen atoms in total. The number of benzene rings is 1. The van der Waals surface area contributed by atoms with Crippen molar-refractivity contribution in [3.63, 3.8) is 0 Å². The van der Waals surface area contributed by atoms with Crippen LogP contribution in [0, 0.1) is 0 Å². The van der Waals surface area contributed by atoms with Crippen LogP contribution in [0.1, 0.15) is 24.8 Å². The van der Waals surface area contributed by atoms with Gasteiger partial charge in [-0.3, -0.25) is 4.79 Å². The van der Waals surface area contributed by atoms with Crippen molar-refractivity contribution in [2.45, 2.75) is 19.3 Å². The van der Waals surface area contributed by atoms with Gasteiger partial charge in [0.2, 0.25) is 5.91 Å². The smallest absolute Gasteiger partial charge is 0.224 e. The molecule has 0 fully saturated rings. The molecule has 0 saturated carbocycles. The van der Waals surface area contributed by atoms with Crippen LogP contribution in [0.3, 0.4) is 0 Å². The third-order valence-corrected chi connectivity index (χ3v) is 3.67. The van der Waals surface area contributed by atoms with E-state index in [4.69, 9.17) is 11.5 Å². The number of nitrogen functional groups attached to an aromatic ring is 1. The van der Waals surface area contributed by atoms with Crippen molar-refractivity contribution < 1.29 is 4.79 Å². The molecule has 0 aliphatic carbocycles. The highest BCUT2D eigenvalue weighted by atomic mass is 16.1. The van der Waals surface area contributed by atoms with E-state index >= 15 is 0 Å². The average Bonchev–Trinajstić information content (AvgIpc) is 2.93. The summed E-state index contributed by atoms with van der Waals surface area (Å²) >= 11 is 0. The largest absolute Gasteiger partial charge is 0.383 e. The molecule has 0 aliphatic rings. The topological polar surface area (TPSA) is 113 Å². The quantitative estimate of drug-likeness (QED) is 0.755. The molecule has 22 heavy (non-hydrogen) atoms. The molecule has 2 aromatic heterocycles. The molecule has 3 rings (SSSR count). The fourth-order valence-corrected chi connectivity index (χ4v) is 2.53. The van der Waals surface area contributed by atoms with Gasteiger partial charge in [-0.05, 0) is 24.1 Å². The molecule has 1 unspecified atom stereocenters. The standard InChI is InChI=1S/C15H16N6O/c1-2-11(14(17)22)9-4-3-5-10(6-9)21-15-12(7-20-21)13(16)18-8-19-15/h3-8,11H,2H2,1H3,(H2,17,22)(H2,16,18,19). The number of rotatable bonds is 4. The van der Waals surface area contributed by atoms with E-state index in [0.29, 0.717) is 23.3 Å². The Hall–Kier alpha value is -2.96. The van der Waals surface area contributed by atoms with Gasteiger partial charge in [0, 0.05) is 0 Å². The van der Waals surface area contributed by atoms with Crippen molar-refractivity contribution in [1.82, 2.24) is 19.7 Å². The number of carbonyl (C=O) groups excluding carboxylic acids is 1. The molecule has 0 bridgehead atoms. The summed E-state index contributed by atoms with van der Waals surface area (Å²) in [5, 5.41) is 5.01. The number of carbonyl (C=O) groups is 1. The molecular formula is C15H16N6O. The molecule has 1 amide bonds. The second kappa shape index (κ2) is 5.44. The molecule has 1 atom stereocenters.